The Kier molecular flexibility index (Phi) is 4.46. The van der Waals surface area contributed by atoms with Crippen LogP contribution in [0.5, 0.6) is 0 Å². The Morgan fingerprint density at radius 1 is 1.32 bits per heavy atom. The van der Waals surface area contributed by atoms with E-state index >= 15 is 0 Å². The maximum atomic E-state index is 5.68. The standard InChI is InChI=1S/C16H27N3/c1-16(2,3)13-5-4-9-19(10-7-13)15-6-8-18-14(11-15)12-17/h6,8,11,13H,4-5,7,9-10,12,17H2,1-3H3. The first-order valence-corrected chi connectivity index (χ1v) is 7.40. The first-order chi connectivity index (χ1) is 9.00. The summed E-state index contributed by atoms with van der Waals surface area (Å²) in [5.74, 6) is 0.827. The van der Waals surface area contributed by atoms with Crippen molar-refractivity contribution < 1.29 is 0 Å². The molecule has 2 heterocycles. The summed E-state index contributed by atoms with van der Waals surface area (Å²) >= 11 is 0. The molecule has 0 amide bonds. The lowest BCUT2D eigenvalue weighted by molar-refractivity contribution is 0.220. The Morgan fingerprint density at radius 2 is 2.11 bits per heavy atom. The van der Waals surface area contributed by atoms with Crippen LogP contribution in [0.3, 0.4) is 0 Å². The van der Waals surface area contributed by atoms with E-state index in [9.17, 15) is 0 Å². The van der Waals surface area contributed by atoms with Gasteiger partial charge in [-0.1, -0.05) is 20.8 Å². The number of nitrogens with zero attached hydrogens (tertiary/aromatic N) is 2. The predicted octanol–water partition coefficient (Wildman–Crippen LogP) is 3.19. The molecule has 3 nitrogen and oxygen atoms in total. The lowest BCUT2D eigenvalue weighted by Gasteiger charge is -2.30. The van der Waals surface area contributed by atoms with E-state index in [1.165, 1.54) is 24.9 Å². The highest BCUT2D eigenvalue weighted by Gasteiger charge is 2.27. The Hall–Kier alpha value is -1.09. The average molecular weight is 261 g/mol. The normalized spacial score (nSPS) is 21.3. The minimum Gasteiger partial charge on any atom is -0.371 e. The number of rotatable bonds is 2. The summed E-state index contributed by atoms with van der Waals surface area (Å²) in [6.45, 7) is 9.92. The van der Waals surface area contributed by atoms with E-state index in [4.69, 9.17) is 5.73 Å². The quantitative estimate of drug-likeness (QED) is 0.889. The SMILES string of the molecule is CC(C)(C)C1CCCN(c2ccnc(CN)c2)CC1. The second kappa shape index (κ2) is 5.91. The van der Waals surface area contributed by atoms with Crippen LogP contribution in [0, 0.1) is 11.3 Å². The van der Waals surface area contributed by atoms with Gasteiger partial charge in [-0.25, -0.2) is 0 Å². The van der Waals surface area contributed by atoms with Crippen LogP contribution < -0.4 is 10.6 Å². The molecule has 1 fully saturated rings. The summed E-state index contributed by atoms with van der Waals surface area (Å²) in [5, 5.41) is 0. The molecule has 1 unspecified atom stereocenters. The monoisotopic (exact) mass is 261 g/mol. The predicted molar refractivity (Wildman–Crippen MR) is 81.1 cm³/mol. The topological polar surface area (TPSA) is 42.2 Å². The van der Waals surface area contributed by atoms with Gasteiger partial charge in [0, 0.05) is 31.5 Å². The lowest BCUT2D eigenvalue weighted by atomic mass is 9.77. The van der Waals surface area contributed by atoms with E-state index in [0.717, 1.165) is 24.7 Å². The van der Waals surface area contributed by atoms with Gasteiger partial charge in [-0.15, -0.1) is 0 Å². The molecule has 0 bridgehead atoms. The van der Waals surface area contributed by atoms with Crippen LogP contribution in [0.25, 0.3) is 0 Å². The van der Waals surface area contributed by atoms with Crippen molar-refractivity contribution in [1.82, 2.24) is 4.98 Å². The Morgan fingerprint density at radius 3 is 2.79 bits per heavy atom. The van der Waals surface area contributed by atoms with Gasteiger partial charge >= 0.3 is 0 Å². The summed E-state index contributed by atoms with van der Waals surface area (Å²) < 4.78 is 0. The first kappa shape index (κ1) is 14.3. The van der Waals surface area contributed by atoms with E-state index < -0.39 is 0 Å². The van der Waals surface area contributed by atoms with Crippen molar-refractivity contribution in [3.05, 3.63) is 24.0 Å². The molecule has 1 aromatic rings. The first-order valence-electron chi connectivity index (χ1n) is 7.40. The van der Waals surface area contributed by atoms with Gasteiger partial charge in [0.05, 0.1) is 5.69 Å². The third-order valence-electron chi connectivity index (χ3n) is 4.33. The third-order valence-corrected chi connectivity index (χ3v) is 4.33. The van der Waals surface area contributed by atoms with Gasteiger partial charge in [0.15, 0.2) is 0 Å². The number of hydrogen-bond donors (Lipinski definition) is 1. The van der Waals surface area contributed by atoms with Gasteiger partial charge in [0.1, 0.15) is 0 Å². The zero-order chi connectivity index (χ0) is 13.9. The summed E-state index contributed by atoms with van der Waals surface area (Å²) in [4.78, 5) is 6.77. The molecule has 0 aromatic carbocycles. The zero-order valence-corrected chi connectivity index (χ0v) is 12.5. The fourth-order valence-electron chi connectivity index (χ4n) is 2.99. The summed E-state index contributed by atoms with van der Waals surface area (Å²) in [7, 11) is 0. The van der Waals surface area contributed by atoms with Gasteiger partial charge < -0.3 is 10.6 Å². The number of aromatic nitrogens is 1. The molecule has 1 aromatic heterocycles. The largest absolute Gasteiger partial charge is 0.371 e. The van der Waals surface area contributed by atoms with Crippen LogP contribution in [0.1, 0.15) is 45.7 Å². The van der Waals surface area contributed by atoms with Crippen LogP contribution in [0.2, 0.25) is 0 Å². The highest BCUT2D eigenvalue weighted by Crippen LogP contribution is 2.35. The number of pyridine rings is 1. The molecule has 1 aliphatic rings. The van der Waals surface area contributed by atoms with Crippen LogP contribution in [-0.4, -0.2) is 18.1 Å². The summed E-state index contributed by atoms with van der Waals surface area (Å²) in [6, 6.07) is 4.24. The second-order valence-electron chi connectivity index (χ2n) is 6.69. The van der Waals surface area contributed by atoms with Gasteiger partial charge in [0.25, 0.3) is 0 Å². The minimum atomic E-state index is 0.427. The van der Waals surface area contributed by atoms with Crippen LogP contribution in [0.4, 0.5) is 5.69 Å². The van der Waals surface area contributed by atoms with Gasteiger partial charge in [-0.05, 0) is 42.7 Å². The summed E-state index contributed by atoms with van der Waals surface area (Å²) in [5.41, 5.74) is 8.37. The zero-order valence-electron chi connectivity index (χ0n) is 12.5. The van der Waals surface area contributed by atoms with E-state index in [0.29, 0.717) is 12.0 Å². The van der Waals surface area contributed by atoms with Gasteiger partial charge in [-0.2, -0.15) is 0 Å². The van der Waals surface area contributed by atoms with E-state index in [-0.39, 0.29) is 0 Å². The Bertz CT molecular complexity index is 409. The van der Waals surface area contributed by atoms with Crippen LogP contribution in [-0.2, 0) is 6.54 Å². The fourth-order valence-corrected chi connectivity index (χ4v) is 2.99. The molecular formula is C16H27N3. The molecule has 19 heavy (non-hydrogen) atoms. The summed E-state index contributed by atoms with van der Waals surface area (Å²) in [6.07, 6.45) is 5.78. The third kappa shape index (κ3) is 3.69. The molecule has 0 spiro atoms. The number of hydrogen-bond acceptors (Lipinski definition) is 3. The van der Waals surface area contributed by atoms with Crippen molar-refractivity contribution in [2.45, 2.75) is 46.6 Å². The molecular weight excluding hydrogens is 234 g/mol. The molecule has 106 valence electrons. The number of nitrogens with two attached hydrogens (primary N) is 1. The van der Waals surface area contributed by atoms with Gasteiger partial charge in [-0.3, -0.25) is 4.98 Å². The van der Waals surface area contributed by atoms with Gasteiger partial charge in [0.2, 0.25) is 0 Å². The van der Waals surface area contributed by atoms with Crippen molar-refractivity contribution in [2.75, 3.05) is 18.0 Å². The lowest BCUT2D eigenvalue weighted by Crippen LogP contribution is -2.26. The smallest absolute Gasteiger partial charge is 0.0560 e. The van der Waals surface area contributed by atoms with E-state index in [2.05, 4.69) is 42.8 Å². The Labute approximate surface area is 117 Å². The molecule has 2 N–H and O–H groups in total. The molecule has 1 saturated heterocycles. The second-order valence-corrected chi connectivity index (χ2v) is 6.69. The van der Waals surface area contributed by atoms with Crippen molar-refractivity contribution in [2.24, 2.45) is 17.1 Å². The molecule has 0 aliphatic carbocycles. The van der Waals surface area contributed by atoms with E-state index in [1.54, 1.807) is 0 Å². The minimum absolute atomic E-state index is 0.427. The maximum absolute atomic E-state index is 5.68. The van der Waals surface area contributed by atoms with Crippen LogP contribution in [0.15, 0.2) is 18.3 Å². The number of anilines is 1. The Balaban J connectivity index is 2.06. The molecule has 1 atom stereocenters. The molecule has 0 saturated carbocycles. The highest BCUT2D eigenvalue weighted by molar-refractivity contribution is 5.46. The molecule has 2 rings (SSSR count). The highest BCUT2D eigenvalue weighted by atomic mass is 15.1. The van der Waals surface area contributed by atoms with E-state index in [1.807, 2.05) is 6.20 Å². The van der Waals surface area contributed by atoms with Crippen molar-refractivity contribution in [3.63, 3.8) is 0 Å². The maximum Gasteiger partial charge on any atom is 0.0560 e. The van der Waals surface area contributed by atoms with Crippen molar-refractivity contribution >= 4 is 5.69 Å². The van der Waals surface area contributed by atoms with Crippen LogP contribution >= 0.6 is 0 Å². The fraction of sp³-hybridized carbons (Fsp3) is 0.688. The van der Waals surface area contributed by atoms with Crippen molar-refractivity contribution in [1.29, 1.82) is 0 Å². The molecule has 3 heteroatoms. The average Bonchev–Trinajstić information content (AvgIpc) is 2.64. The van der Waals surface area contributed by atoms with Crippen molar-refractivity contribution in [3.8, 4) is 0 Å². The molecule has 0 radical (unpaired) electrons. The molecule has 1 aliphatic heterocycles.